The third kappa shape index (κ3) is 3.23. The van der Waals surface area contributed by atoms with Gasteiger partial charge in [-0.1, -0.05) is 19.3 Å². The molecule has 5 heteroatoms. The number of nitrogens with zero attached hydrogens (tertiary/aromatic N) is 2. The van der Waals surface area contributed by atoms with E-state index in [9.17, 15) is 10.1 Å². The molecule has 5 nitrogen and oxygen atoms in total. The molecule has 0 fully saturated rings. The first-order valence-electron chi connectivity index (χ1n) is 5.53. The Kier molecular flexibility index (Phi) is 4.71. The van der Waals surface area contributed by atoms with E-state index in [0.29, 0.717) is 5.69 Å². The Morgan fingerprint density at radius 3 is 2.83 bits per heavy atom. The molecule has 1 unspecified atom stereocenters. The summed E-state index contributed by atoms with van der Waals surface area (Å²) in [7, 11) is 0. The smallest absolute Gasteiger partial charge is 0.287 e. The van der Waals surface area contributed by atoms with Crippen molar-refractivity contribution in [1.29, 1.82) is 5.26 Å². The minimum atomic E-state index is -0.576. The van der Waals surface area contributed by atoms with Crippen LogP contribution in [0.4, 0.5) is 11.4 Å². The number of nitrogens with one attached hydrogen (secondary N) is 1. The highest BCUT2D eigenvalue weighted by atomic mass is 16.6. The van der Waals surface area contributed by atoms with Crippen molar-refractivity contribution in [2.45, 2.75) is 25.8 Å². The molecule has 1 aromatic rings. The third-order valence-corrected chi connectivity index (χ3v) is 2.43. The van der Waals surface area contributed by atoms with Gasteiger partial charge >= 0.3 is 0 Å². The normalized spacial score (nSPS) is 11.1. The van der Waals surface area contributed by atoms with Gasteiger partial charge in [-0.3, -0.25) is 10.1 Å². The van der Waals surface area contributed by atoms with E-state index in [1.807, 2.05) is 13.0 Å². The molecule has 0 saturated heterocycles. The Labute approximate surface area is 106 Å². The van der Waals surface area contributed by atoms with E-state index in [-0.39, 0.29) is 17.3 Å². The summed E-state index contributed by atoms with van der Waals surface area (Å²) in [4.78, 5) is 10.1. The highest BCUT2D eigenvalue weighted by Gasteiger charge is 2.14. The first-order chi connectivity index (χ1) is 8.62. The number of hydrogen-bond donors (Lipinski definition) is 1. The minimum absolute atomic E-state index is 0.0252. The minimum Gasteiger partial charge on any atom is -0.372 e. The molecule has 0 heterocycles. The number of terminal acetylenes is 1. The SMILES string of the molecule is C#CC(CCC)Nc1ccc([N+](=O)[O-])c(C#N)c1. The fraction of sp³-hybridized carbons (Fsp3) is 0.308. The molecule has 0 radical (unpaired) electrons. The largest absolute Gasteiger partial charge is 0.372 e. The molecule has 0 spiro atoms. The molecule has 0 aliphatic carbocycles. The molecule has 0 aromatic heterocycles. The predicted molar refractivity (Wildman–Crippen MR) is 69.0 cm³/mol. The van der Waals surface area contributed by atoms with Crippen LogP contribution in [-0.4, -0.2) is 11.0 Å². The predicted octanol–water partition coefficient (Wildman–Crippen LogP) is 2.68. The summed E-state index contributed by atoms with van der Waals surface area (Å²) in [6, 6.07) is 5.97. The second-order valence-corrected chi connectivity index (χ2v) is 3.75. The Morgan fingerprint density at radius 2 is 2.33 bits per heavy atom. The maximum absolute atomic E-state index is 10.7. The van der Waals surface area contributed by atoms with E-state index < -0.39 is 4.92 Å². The van der Waals surface area contributed by atoms with E-state index in [1.165, 1.54) is 12.1 Å². The Morgan fingerprint density at radius 1 is 1.61 bits per heavy atom. The van der Waals surface area contributed by atoms with Crippen LogP contribution in [0.2, 0.25) is 0 Å². The van der Waals surface area contributed by atoms with Crippen molar-refractivity contribution in [3.8, 4) is 18.4 Å². The van der Waals surface area contributed by atoms with Gasteiger partial charge in [-0.05, 0) is 18.6 Å². The van der Waals surface area contributed by atoms with Crippen molar-refractivity contribution in [3.63, 3.8) is 0 Å². The van der Waals surface area contributed by atoms with Crippen LogP contribution in [0.3, 0.4) is 0 Å². The van der Waals surface area contributed by atoms with Crippen LogP contribution in [-0.2, 0) is 0 Å². The maximum Gasteiger partial charge on any atom is 0.287 e. The average molecular weight is 243 g/mol. The second kappa shape index (κ2) is 6.27. The molecular weight excluding hydrogens is 230 g/mol. The number of anilines is 1. The van der Waals surface area contributed by atoms with Crippen LogP contribution < -0.4 is 5.32 Å². The molecule has 1 aromatic carbocycles. The van der Waals surface area contributed by atoms with E-state index in [0.717, 1.165) is 12.8 Å². The quantitative estimate of drug-likeness (QED) is 0.490. The zero-order valence-corrected chi connectivity index (χ0v) is 10.0. The van der Waals surface area contributed by atoms with Crippen molar-refractivity contribution >= 4 is 11.4 Å². The van der Waals surface area contributed by atoms with Crippen molar-refractivity contribution in [3.05, 3.63) is 33.9 Å². The maximum atomic E-state index is 10.7. The van der Waals surface area contributed by atoms with Gasteiger partial charge in [-0.2, -0.15) is 5.26 Å². The van der Waals surface area contributed by atoms with Crippen molar-refractivity contribution in [1.82, 2.24) is 0 Å². The summed E-state index contributed by atoms with van der Waals surface area (Å²) in [6.45, 7) is 2.02. The monoisotopic (exact) mass is 243 g/mol. The number of nitro groups is 1. The van der Waals surface area contributed by atoms with Crippen LogP contribution >= 0.6 is 0 Å². The van der Waals surface area contributed by atoms with Gasteiger partial charge in [0.2, 0.25) is 0 Å². The van der Waals surface area contributed by atoms with Crippen LogP contribution in [0.15, 0.2) is 18.2 Å². The van der Waals surface area contributed by atoms with Gasteiger partial charge in [-0.25, -0.2) is 0 Å². The van der Waals surface area contributed by atoms with Gasteiger partial charge in [0.25, 0.3) is 5.69 Å². The highest BCUT2D eigenvalue weighted by molar-refractivity contribution is 5.59. The fourth-order valence-corrected chi connectivity index (χ4v) is 1.56. The lowest BCUT2D eigenvalue weighted by Crippen LogP contribution is -2.16. The lowest BCUT2D eigenvalue weighted by atomic mass is 10.1. The molecule has 92 valence electrons. The van der Waals surface area contributed by atoms with Gasteiger partial charge in [-0.15, -0.1) is 6.42 Å². The molecule has 0 aliphatic heterocycles. The molecule has 0 aliphatic rings. The fourth-order valence-electron chi connectivity index (χ4n) is 1.56. The van der Waals surface area contributed by atoms with Gasteiger partial charge < -0.3 is 5.32 Å². The molecule has 0 amide bonds. The first-order valence-corrected chi connectivity index (χ1v) is 5.53. The van der Waals surface area contributed by atoms with Crippen molar-refractivity contribution in [2.24, 2.45) is 0 Å². The zero-order chi connectivity index (χ0) is 13.5. The highest BCUT2D eigenvalue weighted by Crippen LogP contribution is 2.22. The third-order valence-electron chi connectivity index (χ3n) is 2.43. The molecule has 18 heavy (non-hydrogen) atoms. The zero-order valence-electron chi connectivity index (χ0n) is 10.0. The number of benzene rings is 1. The molecule has 1 rings (SSSR count). The van der Waals surface area contributed by atoms with Crippen molar-refractivity contribution in [2.75, 3.05) is 5.32 Å². The number of nitriles is 1. The lowest BCUT2D eigenvalue weighted by Gasteiger charge is -2.13. The van der Waals surface area contributed by atoms with Crippen LogP contribution in [0.5, 0.6) is 0 Å². The molecule has 0 saturated carbocycles. The summed E-state index contributed by atoms with van der Waals surface area (Å²) < 4.78 is 0. The first kappa shape index (κ1) is 13.5. The second-order valence-electron chi connectivity index (χ2n) is 3.75. The van der Waals surface area contributed by atoms with E-state index in [4.69, 9.17) is 11.7 Å². The summed E-state index contributed by atoms with van der Waals surface area (Å²) in [5.41, 5.74) is 0.446. The topological polar surface area (TPSA) is 79.0 Å². The summed E-state index contributed by atoms with van der Waals surface area (Å²) in [5, 5.41) is 22.6. The lowest BCUT2D eigenvalue weighted by molar-refractivity contribution is -0.385. The van der Waals surface area contributed by atoms with E-state index in [2.05, 4.69) is 11.2 Å². The standard InChI is InChI=1S/C13H13N3O2/c1-3-5-11(4-2)15-12-6-7-13(16(17)18)10(8-12)9-14/h2,6-8,11,15H,3,5H2,1H3. The van der Waals surface area contributed by atoms with E-state index >= 15 is 0 Å². The van der Waals surface area contributed by atoms with E-state index in [1.54, 1.807) is 6.07 Å². The molecule has 1 atom stereocenters. The Balaban J connectivity index is 2.97. The van der Waals surface area contributed by atoms with Crippen molar-refractivity contribution < 1.29 is 4.92 Å². The number of hydrogen-bond acceptors (Lipinski definition) is 4. The summed E-state index contributed by atoms with van der Waals surface area (Å²) in [5.74, 6) is 2.60. The van der Waals surface area contributed by atoms with Gasteiger partial charge in [0, 0.05) is 11.8 Å². The Bertz CT molecular complexity index is 526. The van der Waals surface area contributed by atoms with Gasteiger partial charge in [0.05, 0.1) is 11.0 Å². The van der Waals surface area contributed by atoms with Gasteiger partial charge in [0.1, 0.15) is 11.6 Å². The molecule has 0 bridgehead atoms. The molecule has 1 N–H and O–H groups in total. The number of rotatable bonds is 5. The van der Waals surface area contributed by atoms with Crippen LogP contribution in [0.25, 0.3) is 0 Å². The van der Waals surface area contributed by atoms with Crippen LogP contribution in [0.1, 0.15) is 25.3 Å². The Hall–Kier alpha value is -2.53. The average Bonchev–Trinajstić information content (AvgIpc) is 2.37. The molecular formula is C13H13N3O2. The van der Waals surface area contributed by atoms with Gasteiger partial charge in [0.15, 0.2) is 0 Å². The number of nitro benzene ring substituents is 1. The van der Waals surface area contributed by atoms with Crippen LogP contribution in [0, 0.1) is 33.8 Å². The summed E-state index contributed by atoms with van der Waals surface area (Å²) >= 11 is 0. The summed E-state index contributed by atoms with van der Waals surface area (Å²) in [6.07, 6.45) is 7.10.